The van der Waals surface area contributed by atoms with Gasteiger partial charge in [0.25, 0.3) is 11.7 Å². The molecule has 0 aromatic heterocycles. The number of nitrogens with one attached hydrogen (secondary N) is 1. The van der Waals surface area contributed by atoms with Crippen LogP contribution in [0.15, 0.2) is 53.4 Å². The van der Waals surface area contributed by atoms with Gasteiger partial charge in [-0.1, -0.05) is 44.7 Å². The lowest BCUT2D eigenvalue weighted by Gasteiger charge is -2.39. The van der Waals surface area contributed by atoms with E-state index in [1.165, 1.54) is 0 Å². The maximum Gasteiger partial charge on any atom is 0.288 e. The molecule has 2 fully saturated rings. The van der Waals surface area contributed by atoms with Crippen LogP contribution < -0.4 is 5.32 Å². The zero-order valence-electron chi connectivity index (χ0n) is 17.6. The van der Waals surface area contributed by atoms with Gasteiger partial charge in [-0.25, -0.2) is 0 Å². The summed E-state index contributed by atoms with van der Waals surface area (Å²) in [5.41, 5.74) is 2.59. The summed E-state index contributed by atoms with van der Waals surface area (Å²) in [6.45, 7) is 7.71. The summed E-state index contributed by atoms with van der Waals surface area (Å²) in [6, 6.07) is 14.7. The fourth-order valence-electron chi connectivity index (χ4n) is 5.51. The van der Waals surface area contributed by atoms with Crippen LogP contribution in [0.25, 0.3) is 0 Å². The van der Waals surface area contributed by atoms with Gasteiger partial charge in [0, 0.05) is 23.2 Å². The molecule has 3 nitrogen and oxygen atoms in total. The predicted octanol–water partition coefficient (Wildman–Crippen LogP) is 6.79. The minimum Gasteiger partial charge on any atom is -0.355 e. The van der Waals surface area contributed by atoms with E-state index in [4.69, 9.17) is 0 Å². The van der Waals surface area contributed by atoms with Gasteiger partial charge in [-0.15, -0.1) is 0 Å². The number of nitrogens with zero attached hydrogens (tertiary/aromatic N) is 1. The molecule has 1 saturated heterocycles. The summed E-state index contributed by atoms with van der Waals surface area (Å²) in [5.74, 6) is -2.37. The van der Waals surface area contributed by atoms with Crippen LogP contribution >= 0.6 is 11.8 Å². The maximum absolute atomic E-state index is 13.5. The molecule has 1 aliphatic heterocycles. The Morgan fingerprint density at radius 2 is 1.80 bits per heavy atom. The maximum atomic E-state index is 13.5. The lowest BCUT2D eigenvalue weighted by molar-refractivity contribution is 0.0709. The minimum absolute atomic E-state index is 0.0643. The highest BCUT2D eigenvalue weighted by Gasteiger charge is 2.51. The highest BCUT2D eigenvalue weighted by molar-refractivity contribution is 7.99. The molecule has 30 heavy (non-hydrogen) atoms. The van der Waals surface area contributed by atoms with Gasteiger partial charge in [0.2, 0.25) is 0 Å². The van der Waals surface area contributed by atoms with Gasteiger partial charge in [0.15, 0.2) is 0 Å². The van der Waals surface area contributed by atoms with Crippen LogP contribution in [0.2, 0.25) is 0 Å². The van der Waals surface area contributed by atoms with E-state index in [0.29, 0.717) is 22.2 Å². The second-order valence-corrected chi connectivity index (χ2v) is 10.8. The third-order valence-corrected chi connectivity index (χ3v) is 6.91. The van der Waals surface area contributed by atoms with Crippen LogP contribution in [0.1, 0.15) is 50.4 Å². The Bertz CT molecular complexity index is 931. The minimum atomic E-state index is -2.44. The van der Waals surface area contributed by atoms with Crippen molar-refractivity contribution in [2.75, 3.05) is 11.9 Å². The number of para-hydroxylation sites is 1. The molecule has 0 unspecified atom stereocenters. The van der Waals surface area contributed by atoms with E-state index in [1.807, 2.05) is 24.3 Å². The average molecular weight is 431 g/mol. The van der Waals surface area contributed by atoms with E-state index < -0.39 is 5.76 Å². The Balaban J connectivity index is 1.54. The number of carbonyl (C=O) groups is 1. The second kappa shape index (κ2) is 7.88. The first-order valence-corrected chi connectivity index (χ1v) is 11.2. The van der Waals surface area contributed by atoms with Crippen molar-refractivity contribution in [1.29, 1.82) is 0 Å². The molecule has 1 aliphatic carbocycles. The van der Waals surface area contributed by atoms with E-state index in [9.17, 15) is 13.6 Å². The van der Waals surface area contributed by atoms with Crippen LogP contribution in [0, 0.1) is 10.8 Å². The number of hydrogen-bond donors (Lipinski definition) is 1. The van der Waals surface area contributed by atoms with Crippen molar-refractivity contribution < 1.29 is 13.6 Å². The number of carbonyl (C=O) groups excluding carboxylic acids is 1. The summed E-state index contributed by atoms with van der Waals surface area (Å²) in [4.78, 5) is 16.1. The third-order valence-electron chi connectivity index (χ3n) is 6.19. The molecule has 1 saturated carbocycles. The van der Waals surface area contributed by atoms with Crippen molar-refractivity contribution in [2.45, 2.75) is 56.7 Å². The molecule has 0 spiro atoms. The molecule has 4 rings (SSSR count). The van der Waals surface area contributed by atoms with Crippen LogP contribution in [0.5, 0.6) is 0 Å². The molecule has 1 N–H and O–H groups in total. The first-order chi connectivity index (χ1) is 14.1. The van der Waals surface area contributed by atoms with Crippen molar-refractivity contribution in [1.82, 2.24) is 4.90 Å². The van der Waals surface area contributed by atoms with Crippen LogP contribution in [0.3, 0.4) is 0 Å². The van der Waals surface area contributed by atoms with Gasteiger partial charge in [-0.2, -0.15) is 8.78 Å². The number of rotatable bonds is 5. The van der Waals surface area contributed by atoms with Gasteiger partial charge >= 0.3 is 0 Å². The SMILES string of the molecule is CC1(C)C[C@@H]2C[C@@](C)(CN2C(=O)c2ccccc2Nc2ccc(SC(F)F)cc2)C1. The molecule has 2 aliphatic rings. The molecule has 1 amide bonds. The summed E-state index contributed by atoms with van der Waals surface area (Å²) in [6.07, 6.45) is 3.25. The molecule has 2 atom stereocenters. The smallest absolute Gasteiger partial charge is 0.288 e. The number of hydrogen-bond acceptors (Lipinski definition) is 3. The molecular weight excluding hydrogens is 402 g/mol. The van der Waals surface area contributed by atoms with Crippen molar-refractivity contribution in [3.8, 4) is 0 Å². The van der Waals surface area contributed by atoms with E-state index in [0.717, 1.165) is 37.2 Å². The highest BCUT2D eigenvalue weighted by atomic mass is 32.2. The standard InChI is InChI=1S/C24H28F2N2OS/c1-23(2)12-17-13-24(3,14-23)15-28(17)21(29)19-6-4-5-7-20(19)27-16-8-10-18(11-9-16)30-22(25)26/h4-11,17,22,27H,12-15H2,1-3H3/t17-,24-/m1/s1. The zero-order valence-corrected chi connectivity index (χ0v) is 18.4. The van der Waals surface area contributed by atoms with Gasteiger partial charge < -0.3 is 10.2 Å². The number of halogens is 2. The Morgan fingerprint density at radius 1 is 1.10 bits per heavy atom. The number of alkyl halides is 2. The Kier molecular flexibility index (Phi) is 5.56. The third kappa shape index (κ3) is 4.48. The normalized spacial score (nSPS) is 24.9. The highest BCUT2D eigenvalue weighted by Crippen LogP contribution is 2.52. The molecule has 6 heteroatoms. The summed E-state index contributed by atoms with van der Waals surface area (Å²) < 4.78 is 25.1. The molecular formula is C24H28F2N2OS. The first-order valence-electron chi connectivity index (χ1n) is 10.4. The summed E-state index contributed by atoms with van der Waals surface area (Å²) >= 11 is 0.525. The Morgan fingerprint density at radius 3 is 2.50 bits per heavy atom. The molecule has 2 aromatic rings. The van der Waals surface area contributed by atoms with Crippen LogP contribution in [-0.4, -0.2) is 29.2 Å². The largest absolute Gasteiger partial charge is 0.355 e. The Labute approximate surface area is 181 Å². The van der Waals surface area contributed by atoms with Gasteiger partial charge in [0.05, 0.1) is 11.3 Å². The second-order valence-electron chi connectivity index (χ2n) is 9.72. The number of anilines is 2. The van der Waals surface area contributed by atoms with Gasteiger partial charge in [-0.3, -0.25) is 4.79 Å². The van der Waals surface area contributed by atoms with E-state index in [-0.39, 0.29) is 22.8 Å². The van der Waals surface area contributed by atoms with E-state index >= 15 is 0 Å². The van der Waals surface area contributed by atoms with Crippen LogP contribution in [-0.2, 0) is 0 Å². The van der Waals surface area contributed by atoms with E-state index in [1.54, 1.807) is 24.3 Å². The van der Waals surface area contributed by atoms with Crippen molar-refractivity contribution in [3.05, 3.63) is 54.1 Å². The molecule has 160 valence electrons. The molecule has 1 heterocycles. The quantitative estimate of drug-likeness (QED) is 0.530. The number of thioether (sulfide) groups is 1. The topological polar surface area (TPSA) is 32.3 Å². The van der Waals surface area contributed by atoms with Crippen molar-refractivity contribution in [3.63, 3.8) is 0 Å². The first kappa shape index (κ1) is 21.2. The lowest BCUT2D eigenvalue weighted by Crippen LogP contribution is -2.37. The molecule has 2 aromatic carbocycles. The monoisotopic (exact) mass is 430 g/mol. The summed E-state index contributed by atoms with van der Waals surface area (Å²) in [7, 11) is 0. The number of likely N-dealkylation sites (tertiary alicyclic amines) is 1. The fourth-order valence-corrected chi connectivity index (χ4v) is 6.00. The van der Waals surface area contributed by atoms with Crippen molar-refractivity contribution in [2.24, 2.45) is 10.8 Å². The van der Waals surface area contributed by atoms with Gasteiger partial charge in [0.1, 0.15) is 0 Å². The number of amides is 1. The van der Waals surface area contributed by atoms with Crippen LogP contribution in [0.4, 0.5) is 20.2 Å². The lowest BCUT2D eigenvalue weighted by atomic mass is 9.65. The fraction of sp³-hybridized carbons (Fsp3) is 0.458. The summed E-state index contributed by atoms with van der Waals surface area (Å²) in [5, 5.41) is 3.30. The van der Waals surface area contributed by atoms with Gasteiger partial charge in [-0.05, 0) is 66.5 Å². The number of benzene rings is 2. The Hall–Kier alpha value is -2.08. The van der Waals surface area contributed by atoms with E-state index in [2.05, 4.69) is 31.0 Å². The van der Waals surface area contributed by atoms with Crippen molar-refractivity contribution >= 4 is 29.0 Å². The zero-order chi connectivity index (χ0) is 21.5. The number of fused-ring (bicyclic) bond motifs is 2. The molecule has 0 radical (unpaired) electrons. The molecule has 2 bridgehead atoms. The predicted molar refractivity (Wildman–Crippen MR) is 119 cm³/mol. The average Bonchev–Trinajstić information content (AvgIpc) is 2.91.